The summed E-state index contributed by atoms with van der Waals surface area (Å²) in [7, 11) is 1.69. The van der Waals surface area contributed by atoms with E-state index in [0.717, 1.165) is 18.6 Å². The van der Waals surface area contributed by atoms with E-state index in [4.69, 9.17) is 4.74 Å². The lowest BCUT2D eigenvalue weighted by Gasteiger charge is -2.32. The van der Waals surface area contributed by atoms with Crippen LogP contribution < -0.4 is 10.1 Å². The minimum absolute atomic E-state index is 0.0979. The Bertz CT molecular complexity index is 414. The minimum Gasteiger partial charge on any atom is -0.497 e. The average molecular weight is 277 g/mol. The van der Waals surface area contributed by atoms with E-state index in [-0.39, 0.29) is 12.1 Å². The highest BCUT2D eigenvalue weighted by molar-refractivity contribution is 5.27. The molecule has 0 aliphatic heterocycles. The molecular weight excluding hydrogens is 250 g/mol. The molecule has 0 aromatic heterocycles. The Morgan fingerprint density at radius 2 is 2.00 bits per heavy atom. The van der Waals surface area contributed by atoms with Crippen LogP contribution >= 0.6 is 0 Å². The second-order valence-electron chi connectivity index (χ2n) is 6.28. The SMILES string of the molecule is COc1ccc(CCC(C)NC(C)(CO)C2CC2)cc1. The Kier molecular flexibility index (Phi) is 5.06. The normalized spacial score (nSPS) is 19.4. The molecule has 2 rings (SSSR count). The quantitative estimate of drug-likeness (QED) is 0.768. The van der Waals surface area contributed by atoms with Crippen LogP contribution in [0.1, 0.15) is 38.7 Å². The molecule has 112 valence electrons. The number of aryl methyl sites for hydroxylation is 1. The van der Waals surface area contributed by atoms with Gasteiger partial charge in [0.25, 0.3) is 0 Å². The molecule has 2 unspecified atom stereocenters. The molecule has 1 fully saturated rings. The summed E-state index contributed by atoms with van der Waals surface area (Å²) in [6.07, 6.45) is 4.61. The van der Waals surface area contributed by atoms with Gasteiger partial charge in [-0.15, -0.1) is 0 Å². The van der Waals surface area contributed by atoms with Gasteiger partial charge in [0, 0.05) is 11.6 Å². The Labute approximate surface area is 122 Å². The van der Waals surface area contributed by atoms with E-state index in [1.54, 1.807) is 7.11 Å². The van der Waals surface area contributed by atoms with Gasteiger partial charge in [-0.25, -0.2) is 0 Å². The highest BCUT2D eigenvalue weighted by Gasteiger charge is 2.41. The Hall–Kier alpha value is -1.06. The molecule has 1 aliphatic rings. The maximum Gasteiger partial charge on any atom is 0.118 e. The van der Waals surface area contributed by atoms with Crippen molar-refractivity contribution in [1.29, 1.82) is 0 Å². The molecule has 0 bridgehead atoms. The lowest BCUT2D eigenvalue weighted by atomic mass is 9.94. The molecule has 0 radical (unpaired) electrons. The number of aliphatic hydroxyl groups is 1. The molecular formula is C17H27NO2. The van der Waals surface area contributed by atoms with E-state index in [1.165, 1.54) is 18.4 Å². The fourth-order valence-electron chi connectivity index (χ4n) is 2.82. The summed E-state index contributed by atoms with van der Waals surface area (Å²) in [6.45, 7) is 4.58. The predicted molar refractivity (Wildman–Crippen MR) is 82.1 cm³/mol. The second kappa shape index (κ2) is 6.59. The highest BCUT2D eigenvalue weighted by atomic mass is 16.5. The van der Waals surface area contributed by atoms with Gasteiger partial charge in [-0.05, 0) is 63.1 Å². The zero-order chi connectivity index (χ0) is 14.6. The predicted octanol–water partition coefficient (Wildman–Crippen LogP) is 2.77. The first kappa shape index (κ1) is 15.3. The van der Waals surface area contributed by atoms with Crippen molar-refractivity contribution in [2.24, 2.45) is 5.92 Å². The van der Waals surface area contributed by atoms with Crippen LogP contribution in [-0.4, -0.2) is 30.4 Å². The lowest BCUT2D eigenvalue weighted by molar-refractivity contribution is 0.142. The van der Waals surface area contributed by atoms with Gasteiger partial charge in [0.1, 0.15) is 5.75 Å². The van der Waals surface area contributed by atoms with Crippen LogP contribution in [0.25, 0.3) is 0 Å². The van der Waals surface area contributed by atoms with Gasteiger partial charge >= 0.3 is 0 Å². The first-order chi connectivity index (χ1) is 9.57. The number of ether oxygens (including phenoxy) is 1. The van der Waals surface area contributed by atoms with Gasteiger partial charge in [-0.1, -0.05) is 12.1 Å². The molecule has 0 spiro atoms. The van der Waals surface area contributed by atoms with Crippen molar-refractivity contribution in [2.45, 2.75) is 51.1 Å². The van der Waals surface area contributed by atoms with Crippen LogP contribution in [0.15, 0.2) is 24.3 Å². The molecule has 0 saturated heterocycles. The smallest absolute Gasteiger partial charge is 0.118 e. The van der Waals surface area contributed by atoms with Crippen LogP contribution in [0.3, 0.4) is 0 Å². The molecule has 2 atom stereocenters. The number of hydrogen-bond donors (Lipinski definition) is 2. The monoisotopic (exact) mass is 277 g/mol. The van der Waals surface area contributed by atoms with Gasteiger partial charge in [0.05, 0.1) is 13.7 Å². The fraction of sp³-hybridized carbons (Fsp3) is 0.647. The molecule has 1 aliphatic carbocycles. The van der Waals surface area contributed by atoms with Crippen molar-refractivity contribution in [1.82, 2.24) is 5.32 Å². The number of hydrogen-bond acceptors (Lipinski definition) is 3. The van der Waals surface area contributed by atoms with Gasteiger partial charge in [0.2, 0.25) is 0 Å². The zero-order valence-electron chi connectivity index (χ0n) is 12.9. The van der Waals surface area contributed by atoms with E-state index in [2.05, 4.69) is 31.3 Å². The van der Waals surface area contributed by atoms with Crippen molar-refractivity contribution in [2.75, 3.05) is 13.7 Å². The summed E-state index contributed by atoms with van der Waals surface area (Å²) in [5.74, 6) is 1.55. The van der Waals surface area contributed by atoms with Crippen molar-refractivity contribution in [3.05, 3.63) is 29.8 Å². The summed E-state index contributed by atoms with van der Waals surface area (Å²) in [5, 5.41) is 13.2. The third-order valence-corrected chi connectivity index (χ3v) is 4.41. The molecule has 20 heavy (non-hydrogen) atoms. The molecule has 0 heterocycles. The Balaban J connectivity index is 1.80. The Morgan fingerprint density at radius 3 is 2.50 bits per heavy atom. The number of benzene rings is 1. The standard InChI is InChI=1S/C17H27NO2/c1-13(18-17(2,12-19)15-8-9-15)4-5-14-6-10-16(20-3)11-7-14/h6-7,10-11,13,15,18-19H,4-5,8-9,12H2,1-3H3. The third-order valence-electron chi connectivity index (χ3n) is 4.41. The molecule has 3 heteroatoms. The van der Waals surface area contributed by atoms with Crippen LogP contribution in [0.4, 0.5) is 0 Å². The fourth-order valence-corrected chi connectivity index (χ4v) is 2.82. The van der Waals surface area contributed by atoms with Crippen molar-refractivity contribution in [3.8, 4) is 5.75 Å². The van der Waals surface area contributed by atoms with Crippen molar-refractivity contribution >= 4 is 0 Å². The first-order valence-corrected chi connectivity index (χ1v) is 7.59. The molecule has 1 aromatic carbocycles. The summed E-state index contributed by atoms with van der Waals surface area (Å²) in [4.78, 5) is 0. The van der Waals surface area contributed by atoms with Crippen LogP contribution in [0.2, 0.25) is 0 Å². The summed E-state index contributed by atoms with van der Waals surface area (Å²) < 4.78 is 5.17. The van der Waals surface area contributed by atoms with E-state index in [1.807, 2.05) is 12.1 Å². The zero-order valence-corrected chi connectivity index (χ0v) is 12.9. The van der Waals surface area contributed by atoms with Crippen LogP contribution in [0, 0.1) is 5.92 Å². The molecule has 1 saturated carbocycles. The first-order valence-electron chi connectivity index (χ1n) is 7.59. The van der Waals surface area contributed by atoms with E-state index >= 15 is 0 Å². The van der Waals surface area contributed by atoms with E-state index < -0.39 is 0 Å². The number of methoxy groups -OCH3 is 1. The van der Waals surface area contributed by atoms with Crippen LogP contribution in [-0.2, 0) is 6.42 Å². The second-order valence-corrected chi connectivity index (χ2v) is 6.28. The highest BCUT2D eigenvalue weighted by Crippen LogP contribution is 2.39. The summed E-state index contributed by atoms with van der Waals surface area (Å²) in [6, 6.07) is 8.68. The summed E-state index contributed by atoms with van der Waals surface area (Å²) in [5.41, 5.74) is 1.23. The number of aliphatic hydroxyl groups excluding tert-OH is 1. The topological polar surface area (TPSA) is 41.5 Å². The molecule has 2 N–H and O–H groups in total. The third kappa shape index (κ3) is 3.97. The van der Waals surface area contributed by atoms with Gasteiger partial charge < -0.3 is 15.2 Å². The average Bonchev–Trinajstić information content (AvgIpc) is 3.30. The maximum absolute atomic E-state index is 9.61. The molecule has 1 aromatic rings. The van der Waals surface area contributed by atoms with Crippen LogP contribution in [0.5, 0.6) is 5.75 Å². The van der Waals surface area contributed by atoms with E-state index in [9.17, 15) is 5.11 Å². The minimum atomic E-state index is -0.0979. The van der Waals surface area contributed by atoms with Crippen molar-refractivity contribution in [3.63, 3.8) is 0 Å². The molecule has 0 amide bonds. The Morgan fingerprint density at radius 1 is 1.35 bits per heavy atom. The van der Waals surface area contributed by atoms with Crippen molar-refractivity contribution < 1.29 is 9.84 Å². The van der Waals surface area contributed by atoms with Gasteiger partial charge in [-0.3, -0.25) is 0 Å². The number of nitrogens with one attached hydrogen (secondary N) is 1. The van der Waals surface area contributed by atoms with E-state index in [0.29, 0.717) is 12.0 Å². The van der Waals surface area contributed by atoms with Gasteiger partial charge in [-0.2, -0.15) is 0 Å². The maximum atomic E-state index is 9.61. The lowest BCUT2D eigenvalue weighted by Crippen LogP contribution is -2.51. The van der Waals surface area contributed by atoms with Gasteiger partial charge in [0.15, 0.2) is 0 Å². The summed E-state index contributed by atoms with van der Waals surface area (Å²) >= 11 is 0. The molecule has 3 nitrogen and oxygen atoms in total. The number of rotatable bonds is 8. The largest absolute Gasteiger partial charge is 0.497 e.